The van der Waals surface area contributed by atoms with Gasteiger partial charge in [-0.05, 0) is 55.2 Å². The Labute approximate surface area is 160 Å². The van der Waals surface area contributed by atoms with Gasteiger partial charge in [0, 0.05) is 18.0 Å². The molecule has 1 amide bonds. The summed E-state index contributed by atoms with van der Waals surface area (Å²) in [5.74, 6) is -0.353. The third-order valence-corrected chi connectivity index (χ3v) is 5.80. The second-order valence-electron chi connectivity index (χ2n) is 7.86. The molecule has 0 bridgehead atoms. The van der Waals surface area contributed by atoms with Crippen LogP contribution in [0, 0.1) is 5.92 Å². The molecular formula is C22H29NO4. The summed E-state index contributed by atoms with van der Waals surface area (Å²) in [5, 5.41) is 2.96. The molecule has 1 saturated carbocycles. The van der Waals surface area contributed by atoms with Crippen LogP contribution in [-0.4, -0.2) is 30.3 Å². The highest BCUT2D eigenvalue weighted by Gasteiger charge is 2.23. The maximum absolute atomic E-state index is 12.3. The summed E-state index contributed by atoms with van der Waals surface area (Å²) in [6.45, 7) is 1.87. The summed E-state index contributed by atoms with van der Waals surface area (Å²) < 4.78 is 5.04. The molecule has 0 spiro atoms. The minimum Gasteiger partial charge on any atom is -0.456 e. The van der Waals surface area contributed by atoms with Crippen LogP contribution in [-0.2, 0) is 27.2 Å². The Kier molecular flexibility index (Phi) is 6.64. The fraction of sp³-hybridized carbons (Fsp3) is 0.591. The summed E-state index contributed by atoms with van der Waals surface area (Å²) >= 11 is 0. The number of fused-ring (bicyclic) bond motifs is 1. The van der Waals surface area contributed by atoms with Crippen LogP contribution in [0.15, 0.2) is 18.2 Å². The van der Waals surface area contributed by atoms with E-state index in [9.17, 15) is 14.4 Å². The van der Waals surface area contributed by atoms with Crippen LogP contribution in [0.1, 0.15) is 73.4 Å². The van der Waals surface area contributed by atoms with Crippen LogP contribution in [0.3, 0.4) is 0 Å². The second kappa shape index (κ2) is 9.16. The Morgan fingerprint density at radius 2 is 1.81 bits per heavy atom. The van der Waals surface area contributed by atoms with Gasteiger partial charge in [-0.1, -0.05) is 31.9 Å². The van der Waals surface area contributed by atoms with Crippen molar-refractivity contribution in [3.63, 3.8) is 0 Å². The average molecular weight is 371 g/mol. The normalized spacial score (nSPS) is 21.4. The number of hydrogen-bond acceptors (Lipinski definition) is 4. The van der Waals surface area contributed by atoms with Gasteiger partial charge in [-0.3, -0.25) is 14.4 Å². The lowest BCUT2D eigenvalue weighted by atomic mass is 9.86. The molecule has 0 unspecified atom stereocenters. The summed E-state index contributed by atoms with van der Waals surface area (Å²) in [4.78, 5) is 36.1. The van der Waals surface area contributed by atoms with E-state index in [0.717, 1.165) is 38.5 Å². The predicted octanol–water partition coefficient (Wildman–Crippen LogP) is 3.38. The third-order valence-electron chi connectivity index (χ3n) is 5.80. The number of rotatable bonds is 7. The van der Waals surface area contributed by atoms with Gasteiger partial charge in [0.2, 0.25) is 0 Å². The molecule has 0 heterocycles. The van der Waals surface area contributed by atoms with Crippen molar-refractivity contribution in [3.05, 3.63) is 34.9 Å². The van der Waals surface area contributed by atoms with Crippen molar-refractivity contribution >= 4 is 17.7 Å². The van der Waals surface area contributed by atoms with E-state index >= 15 is 0 Å². The first-order chi connectivity index (χ1) is 13.0. The molecular weight excluding hydrogens is 342 g/mol. The highest BCUT2D eigenvalue weighted by atomic mass is 16.5. The van der Waals surface area contributed by atoms with E-state index in [1.165, 1.54) is 17.5 Å². The van der Waals surface area contributed by atoms with Crippen LogP contribution in [0.5, 0.6) is 0 Å². The minimum atomic E-state index is -0.503. The number of esters is 1. The molecule has 3 rings (SSSR count). The van der Waals surface area contributed by atoms with Crippen LogP contribution in [0.25, 0.3) is 0 Å². The lowest BCUT2D eigenvalue weighted by molar-refractivity contribution is -0.148. The first-order valence-corrected chi connectivity index (χ1v) is 10.1. The number of aryl methyl sites for hydroxylation is 2. The number of ether oxygens (including phenoxy) is 1. The number of Topliss-reactive ketones (excluding diaryl/α,β-unsaturated/α-hetero) is 1. The van der Waals surface area contributed by atoms with Gasteiger partial charge in [-0.15, -0.1) is 0 Å². The van der Waals surface area contributed by atoms with E-state index < -0.39 is 5.97 Å². The zero-order chi connectivity index (χ0) is 19.2. The van der Waals surface area contributed by atoms with Gasteiger partial charge in [-0.25, -0.2) is 0 Å². The Balaban J connectivity index is 1.38. The molecule has 1 aromatic carbocycles. The Bertz CT molecular complexity index is 712. The Morgan fingerprint density at radius 1 is 1.04 bits per heavy atom. The first kappa shape index (κ1) is 19.6. The number of ketones is 1. The molecule has 146 valence electrons. The van der Waals surface area contributed by atoms with Crippen molar-refractivity contribution < 1.29 is 19.1 Å². The summed E-state index contributed by atoms with van der Waals surface area (Å²) in [7, 11) is 0. The average Bonchev–Trinajstić information content (AvgIpc) is 3.14. The Hall–Kier alpha value is -2.17. The second-order valence-corrected chi connectivity index (χ2v) is 7.86. The molecule has 0 radical (unpaired) electrons. The van der Waals surface area contributed by atoms with Crippen LogP contribution in [0.2, 0.25) is 0 Å². The van der Waals surface area contributed by atoms with Crippen molar-refractivity contribution in [2.24, 2.45) is 5.92 Å². The van der Waals surface area contributed by atoms with Crippen molar-refractivity contribution in [1.82, 2.24) is 5.32 Å². The van der Waals surface area contributed by atoms with Crippen molar-refractivity contribution in [1.29, 1.82) is 0 Å². The fourth-order valence-corrected chi connectivity index (χ4v) is 4.10. The largest absolute Gasteiger partial charge is 0.456 e. The molecule has 5 heteroatoms. The molecule has 1 N–H and O–H groups in total. The molecule has 0 saturated heterocycles. The zero-order valence-electron chi connectivity index (χ0n) is 16.1. The fourth-order valence-electron chi connectivity index (χ4n) is 4.10. The van der Waals surface area contributed by atoms with E-state index in [4.69, 9.17) is 4.74 Å². The summed E-state index contributed by atoms with van der Waals surface area (Å²) in [5.41, 5.74) is 3.23. The highest BCUT2D eigenvalue weighted by Crippen LogP contribution is 2.24. The van der Waals surface area contributed by atoms with Crippen molar-refractivity contribution in [2.75, 3.05) is 6.61 Å². The van der Waals surface area contributed by atoms with Gasteiger partial charge in [-0.2, -0.15) is 0 Å². The number of benzene rings is 1. The lowest BCUT2D eigenvalue weighted by Crippen LogP contribution is -2.42. The first-order valence-electron chi connectivity index (χ1n) is 10.1. The number of amides is 1. The topological polar surface area (TPSA) is 72.5 Å². The molecule has 27 heavy (non-hydrogen) atoms. The predicted molar refractivity (Wildman–Crippen MR) is 103 cm³/mol. The van der Waals surface area contributed by atoms with E-state index in [0.29, 0.717) is 11.5 Å². The quantitative estimate of drug-likeness (QED) is 0.589. The van der Waals surface area contributed by atoms with E-state index in [1.54, 1.807) is 0 Å². The van der Waals surface area contributed by atoms with Crippen LogP contribution in [0.4, 0.5) is 0 Å². The lowest BCUT2D eigenvalue weighted by Gasteiger charge is -2.29. The molecule has 2 atom stereocenters. The number of carbonyl (C=O) groups is 3. The molecule has 2 aliphatic carbocycles. The van der Waals surface area contributed by atoms with Gasteiger partial charge in [0.25, 0.3) is 5.91 Å². The smallest absolute Gasteiger partial charge is 0.306 e. The summed E-state index contributed by atoms with van der Waals surface area (Å²) in [6.07, 6.45) is 7.79. The van der Waals surface area contributed by atoms with Gasteiger partial charge in [0.1, 0.15) is 0 Å². The van der Waals surface area contributed by atoms with Crippen molar-refractivity contribution in [3.8, 4) is 0 Å². The zero-order valence-corrected chi connectivity index (χ0v) is 16.1. The van der Waals surface area contributed by atoms with E-state index in [1.807, 2.05) is 18.2 Å². The molecule has 2 aliphatic rings. The molecule has 5 nitrogen and oxygen atoms in total. The van der Waals surface area contributed by atoms with Crippen molar-refractivity contribution in [2.45, 2.75) is 70.8 Å². The number of hydrogen-bond donors (Lipinski definition) is 1. The van der Waals surface area contributed by atoms with Crippen LogP contribution >= 0.6 is 0 Å². The Morgan fingerprint density at radius 3 is 2.63 bits per heavy atom. The van der Waals surface area contributed by atoms with E-state index in [-0.39, 0.29) is 37.2 Å². The van der Waals surface area contributed by atoms with Gasteiger partial charge < -0.3 is 10.1 Å². The monoisotopic (exact) mass is 371 g/mol. The molecule has 0 aromatic heterocycles. The minimum absolute atomic E-state index is 0.00301. The SMILES string of the molecule is C[C@H]1CCCC[C@H]1NC(=O)COC(=O)CCC(=O)c1ccc2c(c1)CCC2. The maximum atomic E-state index is 12.3. The summed E-state index contributed by atoms with van der Waals surface area (Å²) in [6, 6.07) is 5.99. The molecule has 1 aromatic rings. The van der Waals surface area contributed by atoms with Gasteiger partial charge >= 0.3 is 5.97 Å². The standard InChI is InChI=1S/C22H29NO4/c1-15-5-2-3-8-19(15)23-21(25)14-27-22(26)12-11-20(24)18-10-9-16-6-4-7-17(16)13-18/h9-10,13,15,19H,2-8,11-12,14H2,1H3,(H,23,25)/t15-,19+/m0/s1. The molecule has 1 fully saturated rings. The third kappa shape index (κ3) is 5.41. The number of nitrogens with one attached hydrogen (secondary N) is 1. The van der Waals surface area contributed by atoms with E-state index in [2.05, 4.69) is 12.2 Å². The van der Waals surface area contributed by atoms with Gasteiger partial charge in [0.15, 0.2) is 12.4 Å². The number of carbonyl (C=O) groups excluding carboxylic acids is 3. The van der Waals surface area contributed by atoms with Crippen LogP contribution < -0.4 is 5.32 Å². The van der Waals surface area contributed by atoms with Gasteiger partial charge in [0.05, 0.1) is 6.42 Å². The maximum Gasteiger partial charge on any atom is 0.306 e. The highest BCUT2D eigenvalue weighted by molar-refractivity contribution is 5.98. The molecule has 0 aliphatic heterocycles.